The van der Waals surface area contributed by atoms with Crippen LogP contribution in [0.2, 0.25) is 0 Å². The van der Waals surface area contributed by atoms with Crippen LogP contribution in [0.3, 0.4) is 0 Å². The van der Waals surface area contributed by atoms with E-state index < -0.39 is 5.97 Å². The van der Waals surface area contributed by atoms with Crippen molar-refractivity contribution in [1.82, 2.24) is 4.98 Å². The third-order valence-corrected chi connectivity index (χ3v) is 3.84. The average molecular weight is 304 g/mol. The zero-order chi connectivity index (χ0) is 15.4. The minimum absolute atomic E-state index is 0.0616. The molecule has 1 heterocycles. The lowest BCUT2D eigenvalue weighted by Crippen LogP contribution is -2.12. The number of carboxylic acid groups (broad SMARTS) is 1. The first-order valence-electron chi connectivity index (χ1n) is 6.51. The molecule has 0 aliphatic rings. The summed E-state index contributed by atoms with van der Waals surface area (Å²) in [6, 6.07) is 7.20. The molecule has 0 fully saturated rings. The summed E-state index contributed by atoms with van der Waals surface area (Å²) < 4.78 is 0. The summed E-state index contributed by atoms with van der Waals surface area (Å²) in [5, 5.41) is 14.1. The van der Waals surface area contributed by atoms with Crippen molar-refractivity contribution in [3.63, 3.8) is 0 Å². The van der Waals surface area contributed by atoms with Gasteiger partial charge in [0, 0.05) is 11.1 Å². The van der Waals surface area contributed by atoms with Gasteiger partial charge < -0.3 is 10.4 Å². The molecule has 0 aliphatic carbocycles. The number of aliphatic carboxylic acids is 1. The number of carboxylic acids is 1. The Labute approximate surface area is 126 Å². The number of aromatic nitrogens is 1. The molecule has 2 rings (SSSR count). The quantitative estimate of drug-likeness (QED) is 0.888. The fourth-order valence-corrected chi connectivity index (χ4v) is 2.53. The fourth-order valence-electron chi connectivity index (χ4n) is 1.94. The molecule has 0 saturated carbocycles. The van der Waals surface area contributed by atoms with Crippen LogP contribution in [0.5, 0.6) is 0 Å². The summed E-state index contributed by atoms with van der Waals surface area (Å²) in [5.74, 6) is -1.13. The number of nitrogens with one attached hydrogen (secondary N) is 1. The SMILES string of the molecule is Cc1nc(C(=O)Nc2ccc(C(C)CC(=O)O)cc2)cs1. The molecular formula is C15H16N2O3S. The van der Waals surface area contributed by atoms with Gasteiger partial charge >= 0.3 is 5.97 Å². The van der Waals surface area contributed by atoms with Gasteiger partial charge in [-0.25, -0.2) is 4.98 Å². The van der Waals surface area contributed by atoms with Crippen LogP contribution in [0.4, 0.5) is 5.69 Å². The predicted molar refractivity (Wildman–Crippen MR) is 81.9 cm³/mol. The summed E-state index contributed by atoms with van der Waals surface area (Å²) in [4.78, 5) is 26.8. The molecule has 110 valence electrons. The molecule has 5 nitrogen and oxygen atoms in total. The lowest BCUT2D eigenvalue weighted by molar-refractivity contribution is -0.137. The minimum Gasteiger partial charge on any atom is -0.481 e. The van der Waals surface area contributed by atoms with Crippen LogP contribution in [-0.4, -0.2) is 22.0 Å². The maximum Gasteiger partial charge on any atom is 0.303 e. The van der Waals surface area contributed by atoms with E-state index in [1.54, 1.807) is 17.5 Å². The van der Waals surface area contributed by atoms with Crippen molar-refractivity contribution in [1.29, 1.82) is 0 Å². The molecular weight excluding hydrogens is 288 g/mol. The maximum atomic E-state index is 11.9. The molecule has 6 heteroatoms. The van der Waals surface area contributed by atoms with Crippen molar-refractivity contribution in [2.75, 3.05) is 5.32 Å². The molecule has 0 bridgehead atoms. The van der Waals surface area contributed by atoms with E-state index in [1.165, 1.54) is 11.3 Å². The molecule has 2 N–H and O–H groups in total. The van der Waals surface area contributed by atoms with Gasteiger partial charge in [0.1, 0.15) is 5.69 Å². The first-order valence-corrected chi connectivity index (χ1v) is 7.39. The highest BCUT2D eigenvalue weighted by Gasteiger charge is 2.12. The molecule has 0 saturated heterocycles. The standard InChI is InChI=1S/C15H16N2O3S/c1-9(7-14(18)19)11-3-5-12(6-4-11)17-15(20)13-8-21-10(2)16-13/h3-6,8-9H,7H2,1-2H3,(H,17,20)(H,18,19). The number of carbonyl (C=O) groups excluding carboxylic acids is 1. The number of amides is 1. The molecule has 21 heavy (non-hydrogen) atoms. The van der Waals surface area contributed by atoms with Crippen molar-refractivity contribution in [3.05, 3.63) is 45.9 Å². The number of aryl methyl sites for hydroxylation is 1. The zero-order valence-corrected chi connectivity index (χ0v) is 12.6. The van der Waals surface area contributed by atoms with Gasteiger partial charge in [-0.3, -0.25) is 9.59 Å². The van der Waals surface area contributed by atoms with Gasteiger partial charge in [0.2, 0.25) is 0 Å². The first-order chi connectivity index (χ1) is 9.95. The fraction of sp³-hybridized carbons (Fsp3) is 0.267. The van der Waals surface area contributed by atoms with E-state index in [1.807, 2.05) is 26.0 Å². The Bertz CT molecular complexity index is 649. The van der Waals surface area contributed by atoms with Gasteiger partial charge in [-0.15, -0.1) is 11.3 Å². The van der Waals surface area contributed by atoms with E-state index in [2.05, 4.69) is 10.3 Å². The van der Waals surface area contributed by atoms with E-state index >= 15 is 0 Å². The summed E-state index contributed by atoms with van der Waals surface area (Å²) in [6.07, 6.45) is 0.0871. The number of hydrogen-bond acceptors (Lipinski definition) is 4. The summed E-state index contributed by atoms with van der Waals surface area (Å²) in [5.41, 5.74) is 2.00. The van der Waals surface area contributed by atoms with Gasteiger partial charge in [0.25, 0.3) is 5.91 Å². The van der Waals surface area contributed by atoms with Crippen LogP contribution >= 0.6 is 11.3 Å². The highest BCUT2D eigenvalue weighted by Crippen LogP contribution is 2.21. The van der Waals surface area contributed by atoms with Gasteiger partial charge in [-0.2, -0.15) is 0 Å². The molecule has 0 aliphatic heterocycles. The highest BCUT2D eigenvalue weighted by molar-refractivity contribution is 7.09. The van der Waals surface area contributed by atoms with E-state index in [0.29, 0.717) is 11.4 Å². The Morgan fingerprint density at radius 2 is 2.00 bits per heavy atom. The monoisotopic (exact) mass is 304 g/mol. The van der Waals surface area contributed by atoms with Crippen molar-refractivity contribution < 1.29 is 14.7 Å². The Hall–Kier alpha value is -2.21. The lowest BCUT2D eigenvalue weighted by atomic mass is 9.98. The summed E-state index contributed by atoms with van der Waals surface area (Å²) >= 11 is 1.43. The van der Waals surface area contributed by atoms with Gasteiger partial charge in [-0.05, 0) is 30.5 Å². The molecule has 0 spiro atoms. The Morgan fingerprint density at radius 3 is 2.52 bits per heavy atom. The summed E-state index contributed by atoms with van der Waals surface area (Å²) in [6.45, 7) is 3.71. The van der Waals surface area contributed by atoms with E-state index in [0.717, 1.165) is 10.6 Å². The number of nitrogens with zero attached hydrogens (tertiary/aromatic N) is 1. The van der Waals surface area contributed by atoms with Crippen LogP contribution in [-0.2, 0) is 4.79 Å². The van der Waals surface area contributed by atoms with Crippen LogP contribution in [0.15, 0.2) is 29.6 Å². The molecule has 1 unspecified atom stereocenters. The number of carbonyl (C=O) groups is 2. The first kappa shape index (κ1) is 15.2. The average Bonchev–Trinajstić information content (AvgIpc) is 2.85. The Kier molecular flexibility index (Phi) is 4.70. The molecule has 1 atom stereocenters. The molecule has 1 amide bonds. The van der Waals surface area contributed by atoms with Crippen molar-refractivity contribution in [3.8, 4) is 0 Å². The number of thiazole rings is 1. The lowest BCUT2D eigenvalue weighted by Gasteiger charge is -2.10. The normalized spacial score (nSPS) is 11.9. The van der Waals surface area contributed by atoms with Gasteiger partial charge in [-0.1, -0.05) is 19.1 Å². The van der Waals surface area contributed by atoms with Crippen molar-refractivity contribution in [2.45, 2.75) is 26.2 Å². The molecule has 1 aromatic carbocycles. The Balaban J connectivity index is 2.02. The van der Waals surface area contributed by atoms with Crippen molar-refractivity contribution >= 4 is 28.9 Å². The summed E-state index contributed by atoms with van der Waals surface area (Å²) in [7, 11) is 0. The number of benzene rings is 1. The predicted octanol–water partition coefficient (Wildman–Crippen LogP) is 3.28. The van der Waals surface area contributed by atoms with E-state index in [4.69, 9.17) is 5.11 Å². The zero-order valence-electron chi connectivity index (χ0n) is 11.8. The number of hydrogen-bond donors (Lipinski definition) is 2. The van der Waals surface area contributed by atoms with Crippen LogP contribution < -0.4 is 5.32 Å². The number of rotatable bonds is 5. The van der Waals surface area contributed by atoms with Gasteiger partial charge in [0.15, 0.2) is 0 Å². The number of anilines is 1. The van der Waals surface area contributed by atoms with E-state index in [-0.39, 0.29) is 18.2 Å². The van der Waals surface area contributed by atoms with Crippen molar-refractivity contribution in [2.24, 2.45) is 0 Å². The molecule has 2 aromatic rings. The third-order valence-electron chi connectivity index (χ3n) is 3.07. The van der Waals surface area contributed by atoms with Crippen LogP contribution in [0.25, 0.3) is 0 Å². The topological polar surface area (TPSA) is 79.3 Å². The second-order valence-corrected chi connectivity index (χ2v) is 5.89. The van der Waals surface area contributed by atoms with E-state index in [9.17, 15) is 9.59 Å². The second kappa shape index (κ2) is 6.49. The smallest absolute Gasteiger partial charge is 0.303 e. The molecule has 1 aromatic heterocycles. The van der Waals surface area contributed by atoms with Crippen LogP contribution in [0.1, 0.15) is 40.3 Å². The third kappa shape index (κ3) is 4.13. The molecule has 0 radical (unpaired) electrons. The Morgan fingerprint density at radius 1 is 1.33 bits per heavy atom. The largest absolute Gasteiger partial charge is 0.481 e. The second-order valence-electron chi connectivity index (χ2n) is 4.83. The van der Waals surface area contributed by atoms with Crippen LogP contribution in [0, 0.1) is 6.92 Å². The minimum atomic E-state index is -0.821. The van der Waals surface area contributed by atoms with Gasteiger partial charge in [0.05, 0.1) is 11.4 Å². The highest BCUT2D eigenvalue weighted by atomic mass is 32.1. The maximum absolute atomic E-state index is 11.9.